The largest absolute Gasteiger partial charge is 0.490 e. The van der Waals surface area contributed by atoms with Gasteiger partial charge in [-0.2, -0.15) is 5.10 Å². The summed E-state index contributed by atoms with van der Waals surface area (Å²) >= 11 is 0. The van der Waals surface area contributed by atoms with E-state index in [0.717, 1.165) is 24.4 Å². The van der Waals surface area contributed by atoms with Gasteiger partial charge in [0.05, 0.1) is 11.6 Å². The van der Waals surface area contributed by atoms with Gasteiger partial charge in [0.15, 0.2) is 5.69 Å². The van der Waals surface area contributed by atoms with Crippen LogP contribution < -0.4 is 4.74 Å². The highest BCUT2D eigenvalue weighted by molar-refractivity contribution is 6.76. The van der Waals surface area contributed by atoms with Gasteiger partial charge in [-0.25, -0.2) is 9.48 Å². The number of rotatable bonds is 8. The third-order valence-electron chi connectivity index (χ3n) is 4.74. The summed E-state index contributed by atoms with van der Waals surface area (Å²) in [6.07, 6.45) is 4.75. The van der Waals surface area contributed by atoms with E-state index < -0.39 is 14.0 Å². The maximum atomic E-state index is 11.6. The zero-order valence-corrected chi connectivity index (χ0v) is 16.8. The SMILES string of the molecule is C[Si](C)(C)CCOCn1nc(C(=O)O)c2cc(OC3CCCC3)ccc21. The van der Waals surface area contributed by atoms with Crippen molar-refractivity contribution in [1.29, 1.82) is 0 Å². The molecule has 1 heterocycles. The van der Waals surface area contributed by atoms with Crippen LogP contribution in [0, 0.1) is 0 Å². The Bertz CT molecular complexity index is 776. The Labute approximate surface area is 155 Å². The van der Waals surface area contributed by atoms with Gasteiger partial charge < -0.3 is 14.6 Å². The molecule has 1 aliphatic rings. The fourth-order valence-corrected chi connectivity index (χ4v) is 3.97. The first-order valence-electron chi connectivity index (χ1n) is 9.32. The lowest BCUT2D eigenvalue weighted by molar-refractivity contribution is 0.0676. The van der Waals surface area contributed by atoms with E-state index >= 15 is 0 Å². The third-order valence-corrected chi connectivity index (χ3v) is 6.44. The Morgan fingerprint density at radius 1 is 1.31 bits per heavy atom. The van der Waals surface area contributed by atoms with Gasteiger partial charge in [-0.3, -0.25) is 0 Å². The van der Waals surface area contributed by atoms with Crippen LogP contribution in [0.25, 0.3) is 10.9 Å². The number of carboxylic acid groups (broad SMARTS) is 1. The van der Waals surface area contributed by atoms with Gasteiger partial charge in [-0.15, -0.1) is 0 Å². The number of aromatic carboxylic acids is 1. The predicted octanol–water partition coefficient (Wildman–Crippen LogP) is 4.37. The Hall–Kier alpha value is -1.86. The zero-order chi connectivity index (χ0) is 18.7. The lowest BCUT2D eigenvalue weighted by Crippen LogP contribution is -2.22. The van der Waals surface area contributed by atoms with Crippen LogP contribution in [0.15, 0.2) is 18.2 Å². The molecular weight excluding hydrogens is 348 g/mol. The first kappa shape index (κ1) is 18.9. The van der Waals surface area contributed by atoms with Crippen LogP contribution >= 0.6 is 0 Å². The van der Waals surface area contributed by atoms with E-state index in [-0.39, 0.29) is 18.5 Å². The molecule has 26 heavy (non-hydrogen) atoms. The van der Waals surface area contributed by atoms with Crippen molar-refractivity contribution < 1.29 is 19.4 Å². The molecule has 1 saturated carbocycles. The van der Waals surface area contributed by atoms with Gasteiger partial charge in [-0.1, -0.05) is 19.6 Å². The van der Waals surface area contributed by atoms with Crippen LogP contribution in [-0.2, 0) is 11.5 Å². The molecule has 7 heteroatoms. The topological polar surface area (TPSA) is 73.6 Å². The second-order valence-corrected chi connectivity index (χ2v) is 13.8. The number of ether oxygens (including phenoxy) is 2. The lowest BCUT2D eigenvalue weighted by atomic mass is 10.2. The molecule has 6 nitrogen and oxygen atoms in total. The molecule has 0 saturated heterocycles. The summed E-state index contributed by atoms with van der Waals surface area (Å²) in [6, 6.07) is 6.63. The molecule has 1 aromatic carbocycles. The normalized spacial score (nSPS) is 15.7. The highest BCUT2D eigenvalue weighted by Crippen LogP contribution is 2.28. The van der Waals surface area contributed by atoms with Crippen molar-refractivity contribution in [1.82, 2.24) is 9.78 Å². The van der Waals surface area contributed by atoms with Gasteiger partial charge in [-0.05, 0) is 49.9 Å². The first-order chi connectivity index (χ1) is 12.3. The Kier molecular flexibility index (Phi) is 5.67. The van der Waals surface area contributed by atoms with E-state index in [4.69, 9.17) is 9.47 Å². The monoisotopic (exact) mass is 376 g/mol. The second-order valence-electron chi connectivity index (χ2n) is 8.20. The third kappa shape index (κ3) is 4.65. The Morgan fingerprint density at radius 2 is 2.04 bits per heavy atom. The van der Waals surface area contributed by atoms with Crippen molar-refractivity contribution in [2.45, 2.75) is 64.2 Å². The van der Waals surface area contributed by atoms with E-state index in [1.54, 1.807) is 10.7 Å². The van der Waals surface area contributed by atoms with Crippen LogP contribution in [0.3, 0.4) is 0 Å². The van der Waals surface area contributed by atoms with Gasteiger partial charge in [0.2, 0.25) is 0 Å². The molecule has 0 amide bonds. The molecule has 3 rings (SSSR count). The van der Waals surface area contributed by atoms with Gasteiger partial charge in [0, 0.05) is 20.1 Å². The second kappa shape index (κ2) is 7.80. The number of fused-ring (bicyclic) bond motifs is 1. The molecular formula is C19H28N2O4Si. The van der Waals surface area contributed by atoms with Gasteiger partial charge in [0.1, 0.15) is 12.5 Å². The minimum absolute atomic E-state index is 0.0469. The summed E-state index contributed by atoms with van der Waals surface area (Å²) in [5.41, 5.74) is 0.805. The summed E-state index contributed by atoms with van der Waals surface area (Å²) in [5, 5.41) is 14.3. The van der Waals surface area contributed by atoms with Gasteiger partial charge >= 0.3 is 5.97 Å². The molecule has 0 atom stereocenters. The predicted molar refractivity (Wildman–Crippen MR) is 104 cm³/mol. The molecule has 0 aliphatic heterocycles. The van der Waals surface area contributed by atoms with Crippen molar-refractivity contribution in [2.75, 3.05) is 6.61 Å². The molecule has 0 radical (unpaired) electrons. The van der Waals surface area contributed by atoms with E-state index in [0.29, 0.717) is 17.7 Å². The number of benzene rings is 1. The summed E-state index contributed by atoms with van der Waals surface area (Å²) in [5.74, 6) is -0.319. The Balaban J connectivity index is 1.77. The van der Waals surface area contributed by atoms with E-state index in [2.05, 4.69) is 24.7 Å². The van der Waals surface area contributed by atoms with Crippen molar-refractivity contribution in [3.8, 4) is 5.75 Å². The number of hydrogen-bond donors (Lipinski definition) is 1. The standard InChI is InChI=1S/C19H28N2O4Si/c1-26(2,3)11-10-24-13-21-17-9-8-15(25-14-6-4-5-7-14)12-16(17)18(20-21)19(22)23/h8-9,12,14H,4-7,10-11,13H2,1-3H3,(H,22,23). The molecule has 1 aliphatic carbocycles. The number of hydrogen-bond acceptors (Lipinski definition) is 4. The maximum absolute atomic E-state index is 11.6. The highest BCUT2D eigenvalue weighted by Gasteiger charge is 2.20. The molecule has 0 bridgehead atoms. The minimum Gasteiger partial charge on any atom is -0.490 e. The van der Waals surface area contributed by atoms with Crippen LogP contribution in [0.1, 0.15) is 36.2 Å². The quantitative estimate of drug-likeness (QED) is 0.547. The van der Waals surface area contributed by atoms with E-state index in [9.17, 15) is 9.90 Å². The van der Waals surface area contributed by atoms with Crippen molar-refractivity contribution in [3.63, 3.8) is 0 Å². The molecule has 1 N–H and O–H groups in total. The van der Waals surface area contributed by atoms with Crippen molar-refractivity contribution in [2.24, 2.45) is 0 Å². The van der Waals surface area contributed by atoms with Gasteiger partial charge in [0.25, 0.3) is 0 Å². The molecule has 142 valence electrons. The molecule has 1 aromatic heterocycles. The molecule has 0 spiro atoms. The average molecular weight is 377 g/mol. The van der Waals surface area contributed by atoms with Crippen LogP contribution in [0.4, 0.5) is 0 Å². The maximum Gasteiger partial charge on any atom is 0.357 e. The minimum atomic E-state index is -1.15. The smallest absolute Gasteiger partial charge is 0.357 e. The summed E-state index contributed by atoms with van der Waals surface area (Å²) in [4.78, 5) is 11.6. The van der Waals surface area contributed by atoms with E-state index in [1.807, 2.05) is 12.1 Å². The molecule has 1 fully saturated rings. The number of carbonyl (C=O) groups is 1. The summed E-state index contributed by atoms with van der Waals surface area (Å²) in [6.45, 7) is 7.83. The molecule has 2 aromatic rings. The Morgan fingerprint density at radius 3 is 2.69 bits per heavy atom. The number of nitrogens with zero attached hydrogens (tertiary/aromatic N) is 2. The lowest BCUT2D eigenvalue weighted by Gasteiger charge is -2.15. The van der Waals surface area contributed by atoms with Crippen LogP contribution in [0.5, 0.6) is 5.75 Å². The highest BCUT2D eigenvalue weighted by atomic mass is 28.3. The van der Waals surface area contributed by atoms with E-state index in [1.165, 1.54) is 12.8 Å². The van der Waals surface area contributed by atoms with Crippen molar-refractivity contribution in [3.05, 3.63) is 23.9 Å². The summed E-state index contributed by atoms with van der Waals surface area (Å²) in [7, 11) is -1.15. The van der Waals surface area contributed by atoms with Crippen molar-refractivity contribution >= 4 is 24.9 Å². The fraction of sp³-hybridized carbons (Fsp3) is 0.579. The summed E-state index contributed by atoms with van der Waals surface area (Å²) < 4.78 is 13.4. The van der Waals surface area contributed by atoms with Crippen LogP contribution in [0.2, 0.25) is 25.7 Å². The van der Waals surface area contributed by atoms with Crippen LogP contribution in [-0.4, -0.2) is 41.6 Å². The number of aromatic nitrogens is 2. The fourth-order valence-electron chi connectivity index (χ4n) is 3.22. The zero-order valence-electron chi connectivity index (χ0n) is 15.8. The first-order valence-corrected chi connectivity index (χ1v) is 13.0. The average Bonchev–Trinajstić information content (AvgIpc) is 3.18. The molecule has 0 unspecified atom stereocenters. The number of carboxylic acids is 1.